The number of carbonyl (C=O) groups is 1. The molecule has 0 fully saturated rings. The summed E-state index contributed by atoms with van der Waals surface area (Å²) in [6.07, 6.45) is 0.894. The van der Waals surface area contributed by atoms with Gasteiger partial charge in [0.25, 0.3) is 0 Å². The standard InChI is InChI=1S/C40H35Cl3N2O5S2/c1-49-40(46)29-12-15-33(16-13-29)50-21-19-35-36-25-30(41)14-17-37(36)45(39(27-8-4-2-5-9-27)28-10-6-3-7-11-28)38(35)18-20-44-52(47,48)26-51-34-23-31(42)22-32(43)24-34/h2-17,22-25,39,44H,18-21,26H2,1H3. The third-order valence-electron chi connectivity index (χ3n) is 8.47. The van der Waals surface area contributed by atoms with Gasteiger partial charge in [-0.1, -0.05) is 95.5 Å². The Bertz CT molecular complexity index is 2210. The maximum atomic E-state index is 13.3. The van der Waals surface area contributed by atoms with Crippen molar-refractivity contribution in [2.24, 2.45) is 0 Å². The summed E-state index contributed by atoms with van der Waals surface area (Å²) in [7, 11) is -2.35. The number of carbonyl (C=O) groups excluding carboxylic acids is 1. The molecule has 52 heavy (non-hydrogen) atoms. The summed E-state index contributed by atoms with van der Waals surface area (Å²) in [6.45, 7) is 0.477. The number of sulfonamides is 1. The quantitative estimate of drug-likeness (QED) is 0.0824. The second kappa shape index (κ2) is 17.2. The molecular weight excluding hydrogens is 759 g/mol. The number of fused-ring (bicyclic) bond motifs is 1. The molecule has 1 N–H and O–H groups in total. The molecule has 0 aliphatic heterocycles. The third-order valence-corrected chi connectivity index (χ3v) is 12.1. The van der Waals surface area contributed by atoms with Crippen LogP contribution in [0.15, 0.2) is 126 Å². The average molecular weight is 794 g/mol. The zero-order valence-corrected chi connectivity index (χ0v) is 32.0. The minimum absolute atomic E-state index is 0.155. The van der Waals surface area contributed by atoms with Gasteiger partial charge in [-0.3, -0.25) is 0 Å². The summed E-state index contributed by atoms with van der Waals surface area (Å²) < 4.78 is 42.6. The highest BCUT2D eigenvalue weighted by atomic mass is 35.5. The van der Waals surface area contributed by atoms with Crippen LogP contribution in [0, 0.1) is 0 Å². The topological polar surface area (TPSA) is 86.6 Å². The molecule has 0 aliphatic rings. The maximum absolute atomic E-state index is 13.3. The van der Waals surface area contributed by atoms with E-state index in [9.17, 15) is 13.2 Å². The molecule has 0 saturated heterocycles. The predicted octanol–water partition coefficient (Wildman–Crippen LogP) is 9.86. The number of halogens is 3. The highest BCUT2D eigenvalue weighted by Gasteiger charge is 2.26. The molecule has 0 saturated carbocycles. The van der Waals surface area contributed by atoms with Gasteiger partial charge in [-0.2, -0.15) is 0 Å². The zero-order chi connectivity index (χ0) is 36.7. The monoisotopic (exact) mass is 792 g/mol. The molecule has 0 amide bonds. The highest BCUT2D eigenvalue weighted by molar-refractivity contribution is 8.11. The number of nitrogens with one attached hydrogen (secondary N) is 1. The Morgan fingerprint density at radius 2 is 1.42 bits per heavy atom. The SMILES string of the molecule is COC(=O)c1ccc(OCCc2c(CCNS(=O)(=O)CSc3cc(Cl)cc(Cl)c3)n(C(c3ccccc3)c3ccccc3)c3ccc(Cl)cc23)cc1. The lowest BCUT2D eigenvalue weighted by Crippen LogP contribution is -2.28. The fraction of sp³-hybridized carbons (Fsp3) is 0.175. The van der Waals surface area contributed by atoms with Gasteiger partial charge < -0.3 is 14.0 Å². The number of benzene rings is 5. The van der Waals surface area contributed by atoms with E-state index in [-0.39, 0.29) is 17.7 Å². The van der Waals surface area contributed by atoms with E-state index in [4.69, 9.17) is 44.3 Å². The summed E-state index contributed by atoms with van der Waals surface area (Å²) in [5.74, 6) is 0.184. The lowest BCUT2D eigenvalue weighted by Gasteiger charge is -2.25. The predicted molar refractivity (Wildman–Crippen MR) is 212 cm³/mol. The Morgan fingerprint density at radius 1 is 0.788 bits per heavy atom. The smallest absolute Gasteiger partial charge is 0.337 e. The van der Waals surface area contributed by atoms with Crippen molar-refractivity contribution in [1.29, 1.82) is 0 Å². The van der Waals surface area contributed by atoms with Crippen LogP contribution < -0.4 is 9.46 Å². The lowest BCUT2D eigenvalue weighted by molar-refractivity contribution is 0.0600. The second-order valence-electron chi connectivity index (χ2n) is 11.9. The summed E-state index contributed by atoms with van der Waals surface area (Å²) in [6, 6.07) is 37.9. The molecule has 0 unspecified atom stereocenters. The Kier molecular flexibility index (Phi) is 12.5. The van der Waals surface area contributed by atoms with E-state index < -0.39 is 16.0 Å². The van der Waals surface area contributed by atoms with Crippen LogP contribution in [0.25, 0.3) is 10.9 Å². The van der Waals surface area contributed by atoms with E-state index in [0.29, 0.717) is 50.7 Å². The number of hydrogen-bond donors (Lipinski definition) is 1. The Morgan fingerprint density at radius 3 is 2.04 bits per heavy atom. The summed E-state index contributed by atoms with van der Waals surface area (Å²) >= 11 is 20.0. The van der Waals surface area contributed by atoms with Gasteiger partial charge in [0, 0.05) is 55.9 Å². The van der Waals surface area contributed by atoms with Crippen molar-refractivity contribution in [1.82, 2.24) is 9.29 Å². The van der Waals surface area contributed by atoms with Crippen molar-refractivity contribution < 1.29 is 22.7 Å². The molecule has 0 bridgehead atoms. The second-order valence-corrected chi connectivity index (χ2v) is 16.5. The van der Waals surface area contributed by atoms with Crippen LogP contribution >= 0.6 is 46.6 Å². The van der Waals surface area contributed by atoms with Crippen LogP contribution in [-0.2, 0) is 27.6 Å². The molecule has 0 aliphatic carbocycles. The van der Waals surface area contributed by atoms with Gasteiger partial charge in [0.2, 0.25) is 10.0 Å². The number of methoxy groups -OCH3 is 1. The van der Waals surface area contributed by atoms with Crippen molar-refractivity contribution in [3.8, 4) is 5.75 Å². The number of esters is 1. The van der Waals surface area contributed by atoms with Gasteiger partial charge in [-0.25, -0.2) is 17.9 Å². The first-order valence-corrected chi connectivity index (χ1v) is 20.2. The minimum atomic E-state index is -3.69. The van der Waals surface area contributed by atoms with Crippen molar-refractivity contribution in [3.63, 3.8) is 0 Å². The van der Waals surface area contributed by atoms with Gasteiger partial charge in [0.05, 0.1) is 25.3 Å². The van der Waals surface area contributed by atoms with E-state index in [1.54, 1.807) is 42.5 Å². The van der Waals surface area contributed by atoms with E-state index in [2.05, 4.69) is 33.6 Å². The van der Waals surface area contributed by atoms with Crippen LogP contribution in [-0.4, -0.2) is 44.3 Å². The average Bonchev–Trinajstić information content (AvgIpc) is 3.42. The molecule has 1 aromatic heterocycles. The number of thioether (sulfide) groups is 1. The first-order chi connectivity index (χ1) is 25.1. The Labute approximate surface area is 322 Å². The van der Waals surface area contributed by atoms with Crippen LogP contribution in [0.1, 0.15) is 38.8 Å². The molecule has 268 valence electrons. The van der Waals surface area contributed by atoms with Gasteiger partial charge in [-0.15, -0.1) is 11.8 Å². The van der Waals surface area contributed by atoms with Gasteiger partial charge in [0.15, 0.2) is 0 Å². The first kappa shape index (κ1) is 37.8. The third kappa shape index (κ3) is 9.33. The van der Waals surface area contributed by atoms with Crippen molar-refractivity contribution in [2.75, 3.05) is 25.3 Å². The lowest BCUT2D eigenvalue weighted by atomic mass is 9.97. The number of ether oxygens (including phenoxy) is 2. The van der Waals surface area contributed by atoms with Gasteiger partial charge in [-0.05, 0) is 77.4 Å². The first-order valence-electron chi connectivity index (χ1n) is 16.4. The molecule has 6 aromatic rings. The van der Waals surface area contributed by atoms with E-state index >= 15 is 0 Å². The zero-order valence-electron chi connectivity index (χ0n) is 28.1. The molecular formula is C40H35Cl3N2O5S2. The summed E-state index contributed by atoms with van der Waals surface area (Å²) in [5, 5.41) is 2.23. The summed E-state index contributed by atoms with van der Waals surface area (Å²) in [4.78, 5) is 12.6. The molecule has 0 atom stereocenters. The number of rotatable bonds is 15. The molecule has 0 spiro atoms. The van der Waals surface area contributed by atoms with Crippen LogP contribution in [0.3, 0.4) is 0 Å². The minimum Gasteiger partial charge on any atom is -0.493 e. The normalized spacial score (nSPS) is 11.6. The van der Waals surface area contributed by atoms with Crippen LogP contribution in [0.5, 0.6) is 5.75 Å². The van der Waals surface area contributed by atoms with E-state index in [1.807, 2.05) is 54.6 Å². The number of aromatic nitrogens is 1. The van der Waals surface area contributed by atoms with Crippen molar-refractivity contribution >= 4 is 73.5 Å². The fourth-order valence-electron chi connectivity index (χ4n) is 6.21. The highest BCUT2D eigenvalue weighted by Crippen LogP contribution is 2.38. The van der Waals surface area contributed by atoms with Crippen molar-refractivity contribution in [3.05, 3.63) is 164 Å². The van der Waals surface area contributed by atoms with Gasteiger partial charge in [0.1, 0.15) is 10.8 Å². The van der Waals surface area contributed by atoms with Crippen LogP contribution in [0.4, 0.5) is 0 Å². The van der Waals surface area contributed by atoms with E-state index in [0.717, 1.165) is 45.0 Å². The molecule has 7 nitrogen and oxygen atoms in total. The Balaban J connectivity index is 1.35. The number of hydrogen-bond acceptors (Lipinski definition) is 6. The molecule has 0 radical (unpaired) electrons. The fourth-order valence-corrected chi connectivity index (χ4v) is 9.37. The largest absolute Gasteiger partial charge is 0.493 e. The van der Waals surface area contributed by atoms with Gasteiger partial charge >= 0.3 is 5.97 Å². The van der Waals surface area contributed by atoms with Crippen molar-refractivity contribution in [2.45, 2.75) is 23.8 Å². The van der Waals surface area contributed by atoms with E-state index in [1.165, 1.54) is 7.11 Å². The molecule has 6 rings (SSSR count). The van der Waals surface area contributed by atoms with Crippen LogP contribution in [0.2, 0.25) is 15.1 Å². The molecule has 12 heteroatoms. The number of nitrogens with zero attached hydrogens (tertiary/aromatic N) is 1. The Hall–Kier alpha value is -3.96. The maximum Gasteiger partial charge on any atom is 0.337 e. The molecule has 1 heterocycles. The molecule has 5 aromatic carbocycles. The summed E-state index contributed by atoms with van der Waals surface area (Å²) in [5.41, 5.74) is 5.50.